The van der Waals surface area contributed by atoms with E-state index in [2.05, 4.69) is 4.98 Å². The maximum Gasteiger partial charge on any atom is 0.316 e. The number of carbonyl (C=O) groups excluding carboxylic acids is 1. The van der Waals surface area contributed by atoms with Crippen LogP contribution in [0.5, 0.6) is 0 Å². The number of aldehydes is 1. The Morgan fingerprint density at radius 3 is 2.62 bits per heavy atom. The first-order valence-corrected chi connectivity index (χ1v) is 3.83. The minimum absolute atomic E-state index is 0.0812. The Balaban J connectivity index is 3.64. The highest BCUT2D eigenvalue weighted by atomic mass is 19.3. The van der Waals surface area contributed by atoms with Crippen LogP contribution in [0.25, 0.3) is 0 Å². The second-order valence-corrected chi connectivity index (χ2v) is 2.61. The summed E-state index contributed by atoms with van der Waals surface area (Å²) in [6, 6.07) is 1.36. The Kier molecular flexibility index (Phi) is 3.20. The minimum atomic E-state index is -3.07. The van der Waals surface area contributed by atoms with Crippen molar-refractivity contribution in [2.75, 3.05) is 0 Å². The van der Waals surface area contributed by atoms with Gasteiger partial charge in [-0.15, -0.1) is 0 Å². The zero-order valence-corrected chi connectivity index (χ0v) is 7.55. The summed E-state index contributed by atoms with van der Waals surface area (Å²) in [5, 5.41) is 19.0. The predicted octanol–water partition coefficient (Wildman–Crippen LogP) is 1.61. The molecule has 0 aliphatic rings. The number of hydrogen-bond donors (Lipinski definition) is 0. The molecule has 1 heterocycles. The largest absolute Gasteiger partial charge is 0.316 e. The van der Waals surface area contributed by atoms with E-state index in [1.807, 2.05) is 0 Å². The molecule has 0 aromatic carbocycles. The second-order valence-electron chi connectivity index (χ2n) is 2.61. The smallest absolute Gasteiger partial charge is 0.298 e. The molecule has 0 amide bonds. The van der Waals surface area contributed by atoms with E-state index in [4.69, 9.17) is 5.26 Å². The third kappa shape index (κ3) is 1.83. The quantitative estimate of drug-likeness (QED) is 0.443. The summed E-state index contributed by atoms with van der Waals surface area (Å²) in [6.45, 7) is 0. The van der Waals surface area contributed by atoms with Gasteiger partial charge in [0.1, 0.15) is 11.6 Å². The zero-order valence-electron chi connectivity index (χ0n) is 7.55. The third-order valence-electron chi connectivity index (χ3n) is 1.76. The van der Waals surface area contributed by atoms with E-state index < -0.39 is 33.9 Å². The van der Waals surface area contributed by atoms with Gasteiger partial charge in [-0.25, -0.2) is 13.8 Å². The van der Waals surface area contributed by atoms with Crippen molar-refractivity contribution >= 4 is 12.0 Å². The van der Waals surface area contributed by atoms with Crippen molar-refractivity contribution in [3.05, 3.63) is 33.1 Å². The third-order valence-corrected chi connectivity index (χ3v) is 1.76. The molecule has 8 heteroatoms. The van der Waals surface area contributed by atoms with E-state index in [9.17, 15) is 23.7 Å². The van der Waals surface area contributed by atoms with Crippen LogP contribution in [0, 0.1) is 21.4 Å². The lowest BCUT2D eigenvalue weighted by molar-refractivity contribution is -0.385. The van der Waals surface area contributed by atoms with Gasteiger partial charge in [0, 0.05) is 6.20 Å². The molecule has 1 aromatic rings. The highest BCUT2D eigenvalue weighted by Gasteiger charge is 2.27. The number of pyridine rings is 1. The van der Waals surface area contributed by atoms with Crippen LogP contribution < -0.4 is 0 Å². The van der Waals surface area contributed by atoms with Gasteiger partial charge in [0.2, 0.25) is 5.69 Å². The Morgan fingerprint density at radius 2 is 2.25 bits per heavy atom. The van der Waals surface area contributed by atoms with Gasteiger partial charge in [-0.3, -0.25) is 14.9 Å². The molecular formula is C8H3F2N3O3. The number of aromatic nitrogens is 1. The maximum absolute atomic E-state index is 12.4. The van der Waals surface area contributed by atoms with Gasteiger partial charge in [0.05, 0.1) is 10.5 Å². The van der Waals surface area contributed by atoms with Crippen LogP contribution in [0.4, 0.5) is 14.5 Å². The van der Waals surface area contributed by atoms with Crippen molar-refractivity contribution in [3.63, 3.8) is 0 Å². The molecule has 0 aliphatic heterocycles. The normalized spacial score (nSPS) is 9.88. The van der Waals surface area contributed by atoms with Crippen LogP contribution in [0.3, 0.4) is 0 Å². The highest BCUT2D eigenvalue weighted by Crippen LogP contribution is 2.29. The van der Waals surface area contributed by atoms with E-state index >= 15 is 0 Å². The molecule has 16 heavy (non-hydrogen) atoms. The molecule has 0 atom stereocenters. The summed E-state index contributed by atoms with van der Waals surface area (Å²) in [4.78, 5) is 23.2. The lowest BCUT2D eigenvalue weighted by atomic mass is 10.1. The van der Waals surface area contributed by atoms with Gasteiger partial charge in [0.25, 0.3) is 6.43 Å². The molecule has 1 rings (SSSR count). The SMILES string of the molecule is N#Cc1ncc(C(F)F)c(C=O)c1[N+](=O)[O-]. The fourth-order valence-electron chi connectivity index (χ4n) is 1.09. The monoisotopic (exact) mass is 227 g/mol. The van der Waals surface area contributed by atoms with Crippen molar-refractivity contribution in [2.45, 2.75) is 6.43 Å². The van der Waals surface area contributed by atoms with Gasteiger partial charge >= 0.3 is 5.69 Å². The molecule has 0 radical (unpaired) electrons. The van der Waals surface area contributed by atoms with Crippen molar-refractivity contribution in [3.8, 4) is 6.07 Å². The Bertz CT molecular complexity index is 496. The van der Waals surface area contributed by atoms with Gasteiger partial charge in [-0.2, -0.15) is 5.26 Å². The first-order valence-electron chi connectivity index (χ1n) is 3.83. The van der Waals surface area contributed by atoms with Gasteiger partial charge in [-0.1, -0.05) is 0 Å². The summed E-state index contributed by atoms with van der Waals surface area (Å²) < 4.78 is 24.8. The summed E-state index contributed by atoms with van der Waals surface area (Å²) in [5.41, 5.74) is -3.33. The average Bonchev–Trinajstić information content (AvgIpc) is 2.26. The molecule has 6 nitrogen and oxygen atoms in total. The number of nitrogens with zero attached hydrogens (tertiary/aromatic N) is 3. The molecule has 0 aliphatic carbocycles. The number of carbonyl (C=O) groups is 1. The van der Waals surface area contributed by atoms with E-state index in [0.29, 0.717) is 6.20 Å². The van der Waals surface area contributed by atoms with Crippen molar-refractivity contribution in [1.82, 2.24) is 4.98 Å². The Morgan fingerprint density at radius 1 is 1.62 bits per heavy atom. The number of nitro groups is 1. The van der Waals surface area contributed by atoms with Gasteiger partial charge in [-0.05, 0) is 0 Å². The van der Waals surface area contributed by atoms with Crippen molar-refractivity contribution in [1.29, 1.82) is 5.26 Å². The summed E-state index contributed by atoms with van der Waals surface area (Å²) in [7, 11) is 0. The van der Waals surface area contributed by atoms with E-state index in [1.54, 1.807) is 0 Å². The topological polar surface area (TPSA) is 96.9 Å². The van der Waals surface area contributed by atoms with Crippen LogP contribution in [-0.4, -0.2) is 16.2 Å². The Labute approximate surface area is 87.3 Å². The molecule has 0 unspecified atom stereocenters. The number of nitriles is 1. The highest BCUT2D eigenvalue weighted by molar-refractivity contribution is 5.85. The molecule has 82 valence electrons. The number of halogens is 2. The average molecular weight is 227 g/mol. The minimum Gasteiger partial charge on any atom is -0.298 e. The molecule has 0 fully saturated rings. The van der Waals surface area contributed by atoms with E-state index in [0.717, 1.165) is 0 Å². The lowest BCUT2D eigenvalue weighted by Gasteiger charge is -2.03. The van der Waals surface area contributed by atoms with Gasteiger partial charge in [0.15, 0.2) is 6.29 Å². The van der Waals surface area contributed by atoms with Crippen LogP contribution >= 0.6 is 0 Å². The van der Waals surface area contributed by atoms with E-state index in [1.165, 1.54) is 6.07 Å². The first kappa shape index (κ1) is 11.6. The van der Waals surface area contributed by atoms with Crippen LogP contribution in [0.1, 0.15) is 28.0 Å². The molecule has 0 spiro atoms. The summed E-state index contributed by atoms with van der Waals surface area (Å²) in [6.07, 6.45) is -2.57. The fraction of sp³-hybridized carbons (Fsp3) is 0.125. The standard InChI is InChI=1S/C8H3F2N3O3/c9-8(10)4-2-12-6(1-11)7(13(15)16)5(4)3-14/h2-3,8H. The Hall–Kier alpha value is -2.43. The summed E-state index contributed by atoms with van der Waals surface area (Å²) in [5.74, 6) is 0. The molecule has 0 bridgehead atoms. The summed E-state index contributed by atoms with van der Waals surface area (Å²) >= 11 is 0. The molecule has 0 N–H and O–H groups in total. The predicted molar refractivity (Wildman–Crippen MR) is 46.0 cm³/mol. The maximum atomic E-state index is 12.4. The van der Waals surface area contributed by atoms with Crippen molar-refractivity contribution < 1.29 is 18.5 Å². The van der Waals surface area contributed by atoms with Crippen molar-refractivity contribution in [2.24, 2.45) is 0 Å². The lowest BCUT2D eigenvalue weighted by Crippen LogP contribution is -2.05. The first-order chi connectivity index (χ1) is 7.52. The number of rotatable bonds is 3. The second kappa shape index (κ2) is 4.39. The van der Waals surface area contributed by atoms with Crippen LogP contribution in [0.15, 0.2) is 6.20 Å². The number of alkyl halides is 2. The van der Waals surface area contributed by atoms with Gasteiger partial charge < -0.3 is 0 Å². The van der Waals surface area contributed by atoms with Crippen LogP contribution in [0.2, 0.25) is 0 Å². The number of hydrogen-bond acceptors (Lipinski definition) is 5. The molecule has 0 saturated carbocycles. The van der Waals surface area contributed by atoms with E-state index in [-0.39, 0.29) is 6.29 Å². The molecule has 0 saturated heterocycles. The molecule has 1 aromatic heterocycles. The molecular weight excluding hydrogens is 224 g/mol. The fourth-order valence-corrected chi connectivity index (χ4v) is 1.09. The zero-order chi connectivity index (χ0) is 12.3. The van der Waals surface area contributed by atoms with Crippen LogP contribution in [-0.2, 0) is 0 Å².